The zero-order valence-electron chi connectivity index (χ0n) is 9.91. The van der Waals surface area contributed by atoms with Gasteiger partial charge in [-0.2, -0.15) is 24.9 Å². The number of fused-ring (bicyclic) bond motifs is 1. The van der Waals surface area contributed by atoms with E-state index in [0.29, 0.717) is 5.52 Å². The summed E-state index contributed by atoms with van der Waals surface area (Å²) in [6.07, 6.45) is -4.31. The van der Waals surface area contributed by atoms with Crippen molar-refractivity contribution in [1.29, 1.82) is 0 Å². The average molecular weight is 304 g/mol. The molecule has 3 rings (SSSR count). The van der Waals surface area contributed by atoms with E-state index in [1.807, 2.05) is 11.8 Å². The maximum absolute atomic E-state index is 12.6. The number of thiazole rings is 1. The van der Waals surface area contributed by atoms with Crippen molar-refractivity contribution in [2.45, 2.75) is 6.18 Å². The second-order valence-electron chi connectivity index (χ2n) is 4.28. The Kier molecular flexibility index (Phi) is 3.34. The SMILES string of the molecule is FC(F)(F)c1ccc2sc(N3CCSCC3)nc2c1. The topological polar surface area (TPSA) is 16.1 Å². The standard InChI is InChI=1S/C12H11F3N2S2/c13-12(14,15)8-1-2-10-9(7-8)16-11(19-10)17-3-5-18-6-4-17/h1-2,7H,3-6H2. The molecular weight excluding hydrogens is 293 g/mol. The molecule has 0 bridgehead atoms. The summed E-state index contributed by atoms with van der Waals surface area (Å²) in [7, 11) is 0. The average Bonchev–Trinajstić information content (AvgIpc) is 2.81. The highest BCUT2D eigenvalue weighted by Gasteiger charge is 2.31. The Balaban J connectivity index is 1.96. The number of rotatable bonds is 1. The first kappa shape index (κ1) is 13.1. The summed E-state index contributed by atoms with van der Waals surface area (Å²) in [4.78, 5) is 6.49. The van der Waals surface area contributed by atoms with E-state index in [-0.39, 0.29) is 0 Å². The predicted octanol–water partition coefficient (Wildman–Crippen LogP) is 3.87. The minimum Gasteiger partial charge on any atom is -0.346 e. The summed E-state index contributed by atoms with van der Waals surface area (Å²) in [5, 5.41) is 0.828. The number of alkyl halides is 3. The smallest absolute Gasteiger partial charge is 0.346 e. The monoisotopic (exact) mass is 304 g/mol. The maximum atomic E-state index is 12.6. The van der Waals surface area contributed by atoms with E-state index in [4.69, 9.17) is 0 Å². The molecule has 7 heteroatoms. The summed E-state index contributed by atoms with van der Waals surface area (Å²) in [5.41, 5.74) is -0.195. The van der Waals surface area contributed by atoms with Crippen molar-refractivity contribution in [3.05, 3.63) is 23.8 Å². The summed E-state index contributed by atoms with van der Waals surface area (Å²) < 4.78 is 38.7. The Morgan fingerprint density at radius 1 is 1.16 bits per heavy atom. The number of thioether (sulfide) groups is 1. The number of nitrogens with zero attached hydrogens (tertiary/aromatic N) is 2. The van der Waals surface area contributed by atoms with Gasteiger partial charge in [-0.15, -0.1) is 0 Å². The minimum atomic E-state index is -4.31. The molecule has 1 aliphatic rings. The van der Waals surface area contributed by atoms with E-state index in [9.17, 15) is 13.2 Å². The molecule has 0 amide bonds. The van der Waals surface area contributed by atoms with Crippen LogP contribution >= 0.6 is 23.1 Å². The Morgan fingerprint density at radius 2 is 1.89 bits per heavy atom. The van der Waals surface area contributed by atoms with E-state index >= 15 is 0 Å². The molecule has 0 atom stereocenters. The molecule has 1 aliphatic heterocycles. The fourth-order valence-corrected chi connectivity index (χ4v) is 3.88. The number of benzene rings is 1. The van der Waals surface area contributed by atoms with Crippen molar-refractivity contribution < 1.29 is 13.2 Å². The zero-order chi connectivity index (χ0) is 13.5. The van der Waals surface area contributed by atoms with Crippen molar-refractivity contribution in [2.75, 3.05) is 29.5 Å². The van der Waals surface area contributed by atoms with Gasteiger partial charge in [0.25, 0.3) is 0 Å². The Labute approximate surface area is 116 Å². The van der Waals surface area contributed by atoms with Crippen LogP contribution in [-0.4, -0.2) is 29.6 Å². The molecule has 0 unspecified atom stereocenters. The number of hydrogen-bond donors (Lipinski definition) is 0. The highest BCUT2D eigenvalue weighted by atomic mass is 32.2. The lowest BCUT2D eigenvalue weighted by Gasteiger charge is -2.25. The molecule has 0 spiro atoms. The Morgan fingerprint density at radius 3 is 2.58 bits per heavy atom. The fourth-order valence-electron chi connectivity index (χ4n) is 1.98. The van der Waals surface area contributed by atoms with Crippen LogP contribution in [0.15, 0.2) is 18.2 Å². The van der Waals surface area contributed by atoms with Crippen LogP contribution in [0, 0.1) is 0 Å². The van der Waals surface area contributed by atoms with E-state index in [2.05, 4.69) is 9.88 Å². The summed E-state index contributed by atoms with van der Waals surface area (Å²) in [5.74, 6) is 2.09. The molecule has 0 N–H and O–H groups in total. The van der Waals surface area contributed by atoms with Crippen LogP contribution < -0.4 is 4.90 Å². The van der Waals surface area contributed by atoms with Crippen LogP contribution in [0.25, 0.3) is 10.2 Å². The first-order valence-electron chi connectivity index (χ1n) is 5.84. The first-order chi connectivity index (χ1) is 9.04. The summed E-state index contributed by atoms with van der Waals surface area (Å²) in [6, 6.07) is 3.77. The van der Waals surface area contributed by atoms with E-state index in [1.165, 1.54) is 17.4 Å². The molecule has 1 aromatic carbocycles. The van der Waals surface area contributed by atoms with Crippen LogP contribution in [0.5, 0.6) is 0 Å². The van der Waals surface area contributed by atoms with E-state index < -0.39 is 11.7 Å². The van der Waals surface area contributed by atoms with E-state index in [1.54, 1.807) is 0 Å². The number of halogens is 3. The van der Waals surface area contributed by atoms with Crippen molar-refractivity contribution in [1.82, 2.24) is 4.98 Å². The van der Waals surface area contributed by atoms with Gasteiger partial charge in [0.2, 0.25) is 0 Å². The van der Waals surface area contributed by atoms with Gasteiger partial charge in [0.15, 0.2) is 5.13 Å². The number of anilines is 1. The maximum Gasteiger partial charge on any atom is 0.416 e. The highest BCUT2D eigenvalue weighted by Crippen LogP contribution is 2.35. The second-order valence-corrected chi connectivity index (χ2v) is 6.51. The lowest BCUT2D eigenvalue weighted by atomic mass is 10.2. The normalized spacial score (nSPS) is 17.1. The van der Waals surface area contributed by atoms with Crippen LogP contribution in [0.4, 0.5) is 18.3 Å². The quantitative estimate of drug-likeness (QED) is 0.795. The van der Waals surface area contributed by atoms with Crippen molar-refractivity contribution >= 4 is 38.4 Å². The highest BCUT2D eigenvalue weighted by molar-refractivity contribution is 7.99. The molecular formula is C12H11F3N2S2. The third kappa shape index (κ3) is 2.67. The lowest BCUT2D eigenvalue weighted by Crippen LogP contribution is -2.32. The first-order valence-corrected chi connectivity index (χ1v) is 7.82. The van der Waals surface area contributed by atoms with Gasteiger partial charge in [0, 0.05) is 24.6 Å². The van der Waals surface area contributed by atoms with Crippen molar-refractivity contribution in [3.63, 3.8) is 0 Å². The largest absolute Gasteiger partial charge is 0.416 e. The van der Waals surface area contributed by atoms with Gasteiger partial charge in [-0.1, -0.05) is 11.3 Å². The molecule has 2 heterocycles. The molecule has 0 aliphatic carbocycles. The molecule has 102 valence electrons. The lowest BCUT2D eigenvalue weighted by molar-refractivity contribution is -0.137. The van der Waals surface area contributed by atoms with Gasteiger partial charge < -0.3 is 4.90 Å². The van der Waals surface area contributed by atoms with Crippen molar-refractivity contribution in [2.24, 2.45) is 0 Å². The number of aromatic nitrogens is 1. The molecule has 19 heavy (non-hydrogen) atoms. The molecule has 0 saturated carbocycles. The van der Waals surface area contributed by atoms with Crippen LogP contribution in [-0.2, 0) is 6.18 Å². The summed E-state index contributed by atoms with van der Waals surface area (Å²) >= 11 is 3.35. The van der Waals surface area contributed by atoms with Gasteiger partial charge in [0.1, 0.15) is 0 Å². The Hall–Kier alpha value is -0.950. The molecule has 1 saturated heterocycles. The van der Waals surface area contributed by atoms with Gasteiger partial charge in [-0.3, -0.25) is 0 Å². The molecule has 1 fully saturated rings. The summed E-state index contributed by atoms with van der Waals surface area (Å²) in [6.45, 7) is 1.83. The molecule has 2 aromatic rings. The fraction of sp³-hybridized carbons (Fsp3) is 0.417. The van der Waals surface area contributed by atoms with Gasteiger partial charge >= 0.3 is 6.18 Å². The molecule has 0 radical (unpaired) electrons. The zero-order valence-corrected chi connectivity index (χ0v) is 11.5. The van der Waals surface area contributed by atoms with Crippen LogP contribution in [0.1, 0.15) is 5.56 Å². The van der Waals surface area contributed by atoms with Crippen molar-refractivity contribution in [3.8, 4) is 0 Å². The third-order valence-electron chi connectivity index (χ3n) is 2.99. The third-order valence-corrected chi connectivity index (χ3v) is 5.02. The number of hydrogen-bond acceptors (Lipinski definition) is 4. The van der Waals surface area contributed by atoms with Gasteiger partial charge in [-0.05, 0) is 18.2 Å². The minimum absolute atomic E-state index is 0.438. The molecule has 1 aromatic heterocycles. The van der Waals surface area contributed by atoms with Gasteiger partial charge in [-0.25, -0.2) is 4.98 Å². The van der Waals surface area contributed by atoms with E-state index in [0.717, 1.165) is 46.6 Å². The second kappa shape index (κ2) is 4.86. The van der Waals surface area contributed by atoms with Crippen LogP contribution in [0.3, 0.4) is 0 Å². The van der Waals surface area contributed by atoms with Gasteiger partial charge in [0.05, 0.1) is 15.8 Å². The predicted molar refractivity (Wildman–Crippen MR) is 74.2 cm³/mol. The Bertz CT molecular complexity index is 588. The van der Waals surface area contributed by atoms with Crippen LogP contribution in [0.2, 0.25) is 0 Å². The molecule has 2 nitrogen and oxygen atoms in total.